The summed E-state index contributed by atoms with van der Waals surface area (Å²) in [5.74, 6) is 1.97. The number of hydrogen-bond donors (Lipinski definition) is 2. The first-order valence-electron chi connectivity index (χ1n) is 8.35. The Hall–Kier alpha value is -2.37. The second-order valence-electron chi connectivity index (χ2n) is 6.37. The van der Waals surface area contributed by atoms with Crippen LogP contribution in [0.25, 0.3) is 11.4 Å². The van der Waals surface area contributed by atoms with Crippen LogP contribution in [0, 0.1) is 0 Å². The Morgan fingerprint density at radius 2 is 2.00 bits per heavy atom. The molecular weight excluding hydrogens is 371 g/mol. The SMILES string of the molecule is O=C(Cc1ccc(Cl)c(Cl)c1)Nc1cccc(-c2n[nH]c(C3CC3)n2)c1. The number of carbonyl (C=O) groups is 1. The van der Waals surface area contributed by atoms with Gasteiger partial charge >= 0.3 is 0 Å². The van der Waals surface area contributed by atoms with Crippen molar-refractivity contribution in [3.63, 3.8) is 0 Å². The van der Waals surface area contributed by atoms with Crippen molar-refractivity contribution < 1.29 is 4.79 Å². The van der Waals surface area contributed by atoms with E-state index in [1.54, 1.807) is 18.2 Å². The Morgan fingerprint density at radius 3 is 2.77 bits per heavy atom. The first-order valence-corrected chi connectivity index (χ1v) is 9.10. The van der Waals surface area contributed by atoms with Crippen LogP contribution in [0.15, 0.2) is 42.5 Å². The summed E-state index contributed by atoms with van der Waals surface area (Å²) in [5.41, 5.74) is 2.36. The molecule has 0 saturated heterocycles. The number of nitrogens with one attached hydrogen (secondary N) is 2. The van der Waals surface area contributed by atoms with Gasteiger partial charge in [0.1, 0.15) is 5.82 Å². The number of anilines is 1. The van der Waals surface area contributed by atoms with Gasteiger partial charge in [0.25, 0.3) is 0 Å². The molecule has 1 aliphatic carbocycles. The van der Waals surface area contributed by atoms with E-state index in [4.69, 9.17) is 23.2 Å². The molecule has 1 fully saturated rings. The van der Waals surface area contributed by atoms with Gasteiger partial charge in [0.2, 0.25) is 5.91 Å². The summed E-state index contributed by atoms with van der Waals surface area (Å²) in [6.07, 6.45) is 2.55. The zero-order valence-corrected chi connectivity index (χ0v) is 15.3. The molecule has 2 N–H and O–H groups in total. The molecule has 0 unspecified atom stereocenters. The molecule has 1 saturated carbocycles. The number of benzene rings is 2. The van der Waals surface area contributed by atoms with Crippen LogP contribution in [-0.2, 0) is 11.2 Å². The molecule has 4 rings (SSSR count). The zero-order valence-electron chi connectivity index (χ0n) is 13.8. The maximum Gasteiger partial charge on any atom is 0.228 e. The van der Waals surface area contributed by atoms with E-state index < -0.39 is 0 Å². The van der Waals surface area contributed by atoms with E-state index in [9.17, 15) is 4.79 Å². The van der Waals surface area contributed by atoms with Gasteiger partial charge in [-0.15, -0.1) is 0 Å². The lowest BCUT2D eigenvalue weighted by molar-refractivity contribution is -0.115. The van der Waals surface area contributed by atoms with Gasteiger partial charge in [0, 0.05) is 17.2 Å². The third-order valence-electron chi connectivity index (χ3n) is 4.22. The van der Waals surface area contributed by atoms with Gasteiger partial charge in [-0.2, -0.15) is 5.10 Å². The van der Waals surface area contributed by atoms with Crippen LogP contribution in [0.1, 0.15) is 30.1 Å². The summed E-state index contributed by atoms with van der Waals surface area (Å²) in [4.78, 5) is 16.8. The molecule has 1 heterocycles. The largest absolute Gasteiger partial charge is 0.326 e. The summed E-state index contributed by atoms with van der Waals surface area (Å²) >= 11 is 11.9. The number of H-pyrrole nitrogens is 1. The Kier molecular flexibility index (Phi) is 4.66. The van der Waals surface area contributed by atoms with Gasteiger partial charge < -0.3 is 5.32 Å². The monoisotopic (exact) mass is 386 g/mol. The number of hydrogen-bond acceptors (Lipinski definition) is 3. The minimum Gasteiger partial charge on any atom is -0.326 e. The number of aromatic nitrogens is 3. The molecule has 7 heteroatoms. The van der Waals surface area contributed by atoms with Crippen LogP contribution in [0.3, 0.4) is 0 Å². The third-order valence-corrected chi connectivity index (χ3v) is 4.96. The molecule has 2 aromatic carbocycles. The maximum absolute atomic E-state index is 12.3. The first-order chi connectivity index (χ1) is 12.6. The van der Waals surface area contributed by atoms with E-state index in [2.05, 4.69) is 20.5 Å². The summed E-state index contributed by atoms with van der Waals surface area (Å²) in [7, 11) is 0. The molecule has 0 aliphatic heterocycles. The Bertz CT molecular complexity index is 966. The number of halogens is 2. The molecule has 0 radical (unpaired) electrons. The molecule has 5 nitrogen and oxygen atoms in total. The Morgan fingerprint density at radius 1 is 1.15 bits per heavy atom. The molecule has 1 aliphatic rings. The van der Waals surface area contributed by atoms with Gasteiger partial charge in [-0.05, 0) is 42.7 Å². The molecule has 0 atom stereocenters. The van der Waals surface area contributed by atoms with E-state index in [0.29, 0.717) is 27.5 Å². The quantitative estimate of drug-likeness (QED) is 0.658. The fourth-order valence-corrected chi connectivity index (χ4v) is 3.04. The lowest BCUT2D eigenvalue weighted by Crippen LogP contribution is -2.14. The average molecular weight is 387 g/mol. The predicted molar refractivity (Wildman–Crippen MR) is 103 cm³/mol. The van der Waals surface area contributed by atoms with E-state index in [-0.39, 0.29) is 12.3 Å². The van der Waals surface area contributed by atoms with Gasteiger partial charge in [-0.1, -0.05) is 41.4 Å². The first kappa shape index (κ1) is 17.1. The Balaban J connectivity index is 1.45. The molecule has 26 heavy (non-hydrogen) atoms. The standard InChI is InChI=1S/C19H16Cl2N4O/c20-15-7-4-11(8-16(15)21)9-17(26)22-14-3-1-2-13(10-14)19-23-18(24-25-19)12-5-6-12/h1-4,7-8,10,12H,5-6,9H2,(H,22,26)(H,23,24,25). The van der Waals surface area contributed by atoms with Crippen molar-refractivity contribution in [3.05, 3.63) is 63.9 Å². The molecule has 3 aromatic rings. The van der Waals surface area contributed by atoms with E-state index >= 15 is 0 Å². The number of aromatic amines is 1. The van der Waals surface area contributed by atoms with Gasteiger partial charge in [0.05, 0.1) is 16.5 Å². The van der Waals surface area contributed by atoms with Crippen molar-refractivity contribution in [1.29, 1.82) is 0 Å². The van der Waals surface area contributed by atoms with Crippen molar-refractivity contribution in [2.24, 2.45) is 0 Å². The fourth-order valence-electron chi connectivity index (χ4n) is 2.72. The number of carbonyl (C=O) groups excluding carboxylic acids is 1. The van der Waals surface area contributed by atoms with Crippen molar-refractivity contribution in [2.45, 2.75) is 25.2 Å². The lowest BCUT2D eigenvalue weighted by Gasteiger charge is -2.07. The summed E-state index contributed by atoms with van der Waals surface area (Å²) < 4.78 is 0. The van der Waals surface area contributed by atoms with Crippen LogP contribution in [0.4, 0.5) is 5.69 Å². The van der Waals surface area contributed by atoms with Crippen LogP contribution in [-0.4, -0.2) is 21.1 Å². The van der Waals surface area contributed by atoms with E-state index in [1.165, 1.54) is 12.8 Å². The minimum absolute atomic E-state index is 0.130. The van der Waals surface area contributed by atoms with Gasteiger partial charge in [-0.25, -0.2) is 4.98 Å². The normalized spacial score (nSPS) is 13.6. The summed E-state index contributed by atoms with van der Waals surface area (Å²) in [6.45, 7) is 0. The molecule has 132 valence electrons. The average Bonchev–Trinajstić information content (AvgIpc) is 3.35. The van der Waals surface area contributed by atoms with E-state index in [0.717, 1.165) is 17.0 Å². The highest BCUT2D eigenvalue weighted by molar-refractivity contribution is 6.42. The summed E-state index contributed by atoms with van der Waals surface area (Å²) in [6, 6.07) is 12.7. The second-order valence-corrected chi connectivity index (χ2v) is 7.19. The number of rotatable bonds is 5. The second kappa shape index (κ2) is 7.09. The predicted octanol–water partition coefficient (Wildman–Crippen LogP) is 4.84. The van der Waals surface area contributed by atoms with Gasteiger partial charge in [0.15, 0.2) is 5.82 Å². The van der Waals surface area contributed by atoms with Gasteiger partial charge in [-0.3, -0.25) is 9.89 Å². The molecule has 0 bridgehead atoms. The molecule has 1 aromatic heterocycles. The van der Waals surface area contributed by atoms with E-state index in [1.807, 2.05) is 24.3 Å². The number of amides is 1. The lowest BCUT2D eigenvalue weighted by atomic mass is 10.1. The van der Waals surface area contributed by atoms with Crippen LogP contribution in [0.5, 0.6) is 0 Å². The highest BCUT2D eigenvalue weighted by atomic mass is 35.5. The van der Waals surface area contributed by atoms with Crippen molar-refractivity contribution in [3.8, 4) is 11.4 Å². The van der Waals surface area contributed by atoms with Crippen LogP contribution < -0.4 is 5.32 Å². The van der Waals surface area contributed by atoms with Crippen molar-refractivity contribution in [2.75, 3.05) is 5.32 Å². The molecule has 0 spiro atoms. The van der Waals surface area contributed by atoms with Crippen LogP contribution >= 0.6 is 23.2 Å². The Labute approximate surface area is 160 Å². The smallest absolute Gasteiger partial charge is 0.228 e. The van der Waals surface area contributed by atoms with Crippen molar-refractivity contribution >= 4 is 34.8 Å². The highest BCUT2D eigenvalue weighted by Crippen LogP contribution is 2.38. The fraction of sp³-hybridized carbons (Fsp3) is 0.211. The highest BCUT2D eigenvalue weighted by Gasteiger charge is 2.27. The molecule has 1 amide bonds. The molecular formula is C19H16Cl2N4O. The topological polar surface area (TPSA) is 70.7 Å². The van der Waals surface area contributed by atoms with Crippen LogP contribution in [0.2, 0.25) is 10.0 Å². The summed E-state index contributed by atoms with van der Waals surface area (Å²) in [5, 5.41) is 11.1. The maximum atomic E-state index is 12.3. The zero-order chi connectivity index (χ0) is 18.1. The minimum atomic E-state index is -0.130. The van der Waals surface area contributed by atoms with Crippen molar-refractivity contribution in [1.82, 2.24) is 15.2 Å². The third kappa shape index (κ3) is 3.89. The number of nitrogens with zero attached hydrogens (tertiary/aromatic N) is 2.